The molecule has 0 aromatic carbocycles. The van der Waals surface area contributed by atoms with Gasteiger partial charge in [0.1, 0.15) is 5.76 Å². The monoisotopic (exact) mass is 198 g/mol. The molecule has 1 rings (SSSR count). The van der Waals surface area contributed by atoms with E-state index >= 15 is 0 Å². The molecule has 2 nitrogen and oxygen atoms in total. The highest BCUT2D eigenvalue weighted by Gasteiger charge is 2.20. The average Bonchev–Trinajstić information content (AvgIpc) is 1.85. The molecule has 5 heteroatoms. The molecule has 0 heterocycles. The molecule has 0 saturated carbocycles. The van der Waals surface area contributed by atoms with Crippen LogP contribution >= 0.6 is 18.3 Å². The van der Waals surface area contributed by atoms with Crippen molar-refractivity contribution in [3.63, 3.8) is 0 Å². The molecule has 0 spiro atoms. The fourth-order valence-electron chi connectivity index (χ4n) is 1.03. The Balaban J connectivity index is 2.48. The van der Waals surface area contributed by atoms with E-state index in [9.17, 15) is 8.76 Å². The summed E-state index contributed by atoms with van der Waals surface area (Å²) in [6.45, 7) is 0. The van der Waals surface area contributed by atoms with E-state index in [0.717, 1.165) is 19.3 Å². The SMILES string of the molecule is O=P(F)(Cl)OC1=CCCCC1. The van der Waals surface area contributed by atoms with Gasteiger partial charge in [0.05, 0.1) is 0 Å². The average molecular weight is 199 g/mol. The first-order valence-electron chi connectivity index (χ1n) is 3.46. The van der Waals surface area contributed by atoms with E-state index < -0.39 is 7.03 Å². The lowest BCUT2D eigenvalue weighted by molar-refractivity contribution is 0.355. The molecule has 0 aromatic heterocycles. The Bertz CT molecular complexity index is 211. The van der Waals surface area contributed by atoms with Crippen LogP contribution in [0.1, 0.15) is 25.7 Å². The molecular weight excluding hydrogens is 189 g/mol. The Morgan fingerprint density at radius 2 is 2.36 bits per heavy atom. The molecule has 0 aromatic rings. The molecule has 0 amide bonds. The lowest BCUT2D eigenvalue weighted by atomic mass is 10.1. The van der Waals surface area contributed by atoms with Gasteiger partial charge >= 0.3 is 7.03 Å². The van der Waals surface area contributed by atoms with Gasteiger partial charge in [-0.1, -0.05) is 0 Å². The maximum atomic E-state index is 12.2. The summed E-state index contributed by atoms with van der Waals surface area (Å²) in [5.41, 5.74) is 0. The molecule has 0 bridgehead atoms. The van der Waals surface area contributed by atoms with Crippen LogP contribution in [-0.2, 0) is 9.09 Å². The van der Waals surface area contributed by atoms with Crippen LogP contribution in [0.4, 0.5) is 4.20 Å². The van der Waals surface area contributed by atoms with E-state index in [2.05, 4.69) is 4.52 Å². The standard InChI is InChI=1S/C6H9ClFO2P/c7-11(8,9)10-6-4-2-1-3-5-6/h4H,1-3,5H2. The highest BCUT2D eigenvalue weighted by Crippen LogP contribution is 2.56. The van der Waals surface area contributed by atoms with Gasteiger partial charge in [-0.05, 0) is 25.3 Å². The predicted octanol–water partition coefficient (Wildman–Crippen LogP) is 3.78. The third-order valence-corrected chi connectivity index (χ3v) is 2.13. The van der Waals surface area contributed by atoms with Gasteiger partial charge in [0, 0.05) is 17.7 Å². The molecule has 0 radical (unpaired) electrons. The van der Waals surface area contributed by atoms with Crippen molar-refractivity contribution >= 4 is 18.3 Å². The van der Waals surface area contributed by atoms with E-state index in [1.54, 1.807) is 6.08 Å². The molecule has 1 atom stereocenters. The van der Waals surface area contributed by atoms with Crippen molar-refractivity contribution in [1.82, 2.24) is 0 Å². The van der Waals surface area contributed by atoms with Crippen LogP contribution in [0.3, 0.4) is 0 Å². The minimum atomic E-state index is -4.33. The van der Waals surface area contributed by atoms with E-state index in [-0.39, 0.29) is 0 Å². The summed E-state index contributed by atoms with van der Waals surface area (Å²) in [5.74, 6) is 0.428. The summed E-state index contributed by atoms with van der Waals surface area (Å²) >= 11 is 4.79. The van der Waals surface area contributed by atoms with Gasteiger partial charge in [0.15, 0.2) is 0 Å². The van der Waals surface area contributed by atoms with Gasteiger partial charge in [-0.25, -0.2) is 4.57 Å². The summed E-state index contributed by atoms with van der Waals surface area (Å²) in [4.78, 5) is 0. The van der Waals surface area contributed by atoms with E-state index in [1.807, 2.05) is 0 Å². The zero-order valence-electron chi connectivity index (χ0n) is 5.93. The highest BCUT2D eigenvalue weighted by molar-refractivity contribution is 7.81. The van der Waals surface area contributed by atoms with Crippen LogP contribution in [0.2, 0.25) is 0 Å². The fraction of sp³-hybridized carbons (Fsp3) is 0.667. The molecule has 1 unspecified atom stereocenters. The Morgan fingerprint density at radius 1 is 1.64 bits per heavy atom. The van der Waals surface area contributed by atoms with Gasteiger partial charge in [0.25, 0.3) is 0 Å². The Hall–Kier alpha value is -0.0100. The molecule has 0 aliphatic heterocycles. The van der Waals surface area contributed by atoms with E-state index in [4.69, 9.17) is 11.2 Å². The van der Waals surface area contributed by atoms with Gasteiger partial charge in [0.2, 0.25) is 0 Å². The van der Waals surface area contributed by atoms with Crippen molar-refractivity contribution in [2.24, 2.45) is 0 Å². The van der Waals surface area contributed by atoms with Crippen molar-refractivity contribution in [3.8, 4) is 0 Å². The summed E-state index contributed by atoms with van der Waals surface area (Å²) in [6.07, 6.45) is 5.25. The lowest BCUT2D eigenvalue weighted by Crippen LogP contribution is -1.92. The molecular formula is C6H9ClFO2P. The molecule has 0 N–H and O–H groups in total. The largest absolute Gasteiger partial charge is 0.514 e. The van der Waals surface area contributed by atoms with Crippen molar-refractivity contribution in [3.05, 3.63) is 11.8 Å². The van der Waals surface area contributed by atoms with Crippen LogP contribution in [0, 0.1) is 0 Å². The molecule has 0 fully saturated rings. The smallest absolute Gasteiger partial charge is 0.415 e. The third kappa shape index (κ3) is 3.78. The summed E-state index contributed by atoms with van der Waals surface area (Å²) < 4.78 is 26.9. The first-order valence-corrected chi connectivity index (χ1v) is 5.88. The molecule has 1 aliphatic carbocycles. The van der Waals surface area contributed by atoms with Gasteiger partial charge < -0.3 is 4.52 Å². The van der Waals surface area contributed by atoms with E-state index in [1.165, 1.54) is 0 Å². The summed E-state index contributed by atoms with van der Waals surface area (Å²) in [5, 5.41) is 0. The molecule has 1 aliphatic rings. The second kappa shape index (κ2) is 3.59. The second-order valence-electron chi connectivity index (χ2n) is 2.42. The van der Waals surface area contributed by atoms with Crippen molar-refractivity contribution in [1.29, 1.82) is 0 Å². The van der Waals surface area contributed by atoms with E-state index in [0.29, 0.717) is 12.2 Å². The zero-order valence-corrected chi connectivity index (χ0v) is 7.58. The lowest BCUT2D eigenvalue weighted by Gasteiger charge is -2.12. The fourth-order valence-corrected chi connectivity index (χ4v) is 1.73. The highest BCUT2D eigenvalue weighted by atomic mass is 35.7. The van der Waals surface area contributed by atoms with Crippen molar-refractivity contribution in [2.45, 2.75) is 25.7 Å². The van der Waals surface area contributed by atoms with Gasteiger partial charge in [-0.15, -0.1) is 4.20 Å². The first-order chi connectivity index (χ1) is 5.08. The number of halogens is 2. The van der Waals surface area contributed by atoms with Crippen LogP contribution in [0.5, 0.6) is 0 Å². The maximum Gasteiger partial charge on any atom is 0.514 e. The summed E-state index contributed by atoms with van der Waals surface area (Å²) in [7, 11) is -4.33. The summed E-state index contributed by atoms with van der Waals surface area (Å²) in [6, 6.07) is 0. The van der Waals surface area contributed by atoms with Crippen molar-refractivity contribution < 1.29 is 13.3 Å². The predicted molar refractivity (Wildman–Crippen MR) is 42.2 cm³/mol. The Labute approximate surface area is 69.7 Å². The van der Waals surface area contributed by atoms with Gasteiger partial charge in [-0.3, -0.25) is 0 Å². The number of allylic oxidation sites excluding steroid dienone is 2. The Morgan fingerprint density at radius 3 is 2.82 bits per heavy atom. The Kier molecular flexibility index (Phi) is 2.97. The second-order valence-corrected chi connectivity index (χ2v) is 4.64. The first kappa shape index (κ1) is 9.08. The van der Waals surface area contributed by atoms with Crippen LogP contribution in [-0.4, -0.2) is 0 Å². The normalized spacial score (nSPS) is 23.6. The third-order valence-electron chi connectivity index (χ3n) is 1.47. The minimum absolute atomic E-state index is 0.428. The van der Waals surface area contributed by atoms with Crippen molar-refractivity contribution in [2.75, 3.05) is 0 Å². The minimum Gasteiger partial charge on any atom is -0.415 e. The topological polar surface area (TPSA) is 26.3 Å². The van der Waals surface area contributed by atoms with Gasteiger partial charge in [-0.2, -0.15) is 0 Å². The number of hydrogen-bond donors (Lipinski definition) is 0. The molecule has 11 heavy (non-hydrogen) atoms. The number of hydrogen-bond acceptors (Lipinski definition) is 2. The maximum absolute atomic E-state index is 12.2. The number of rotatable bonds is 2. The molecule has 64 valence electrons. The zero-order chi connectivity index (χ0) is 8.32. The van der Waals surface area contributed by atoms with Crippen LogP contribution in [0.25, 0.3) is 0 Å². The van der Waals surface area contributed by atoms with Crippen LogP contribution in [0.15, 0.2) is 11.8 Å². The molecule has 0 saturated heterocycles. The van der Waals surface area contributed by atoms with Crippen LogP contribution < -0.4 is 0 Å². The quantitative estimate of drug-likeness (QED) is 0.631.